The molecular formula is C13H22N4O. The minimum Gasteiger partial charge on any atom is -0.339 e. The number of likely N-dealkylation sites (tertiary alicyclic amines) is 1. The summed E-state index contributed by atoms with van der Waals surface area (Å²) in [4.78, 5) is 7.00. The van der Waals surface area contributed by atoms with Crippen molar-refractivity contribution < 1.29 is 4.52 Å². The first-order valence-electron chi connectivity index (χ1n) is 7.20. The van der Waals surface area contributed by atoms with Gasteiger partial charge >= 0.3 is 0 Å². The molecule has 1 atom stereocenters. The highest BCUT2D eigenvalue weighted by Gasteiger charge is 2.20. The van der Waals surface area contributed by atoms with Crippen molar-refractivity contribution in [2.45, 2.75) is 44.6 Å². The van der Waals surface area contributed by atoms with Gasteiger partial charge in [-0.2, -0.15) is 4.98 Å². The highest BCUT2D eigenvalue weighted by atomic mass is 16.5. The lowest BCUT2D eigenvalue weighted by Gasteiger charge is -2.19. The van der Waals surface area contributed by atoms with Crippen LogP contribution in [0, 0.1) is 0 Å². The van der Waals surface area contributed by atoms with Crippen molar-refractivity contribution in [1.82, 2.24) is 20.4 Å². The molecule has 1 aromatic heterocycles. The quantitative estimate of drug-likeness (QED) is 0.878. The molecule has 2 fully saturated rings. The molecule has 5 nitrogen and oxygen atoms in total. The second kappa shape index (κ2) is 5.80. The second-order valence-corrected chi connectivity index (χ2v) is 5.35. The topological polar surface area (TPSA) is 54.2 Å². The molecule has 5 heteroatoms. The zero-order chi connectivity index (χ0) is 12.2. The van der Waals surface area contributed by atoms with Gasteiger partial charge in [0.15, 0.2) is 5.82 Å². The maximum absolute atomic E-state index is 5.35. The third-order valence-electron chi connectivity index (χ3n) is 3.95. The average molecular weight is 250 g/mol. The predicted octanol–water partition coefficient (Wildman–Crippen LogP) is 1.52. The Labute approximate surface area is 108 Å². The fourth-order valence-corrected chi connectivity index (χ4v) is 2.84. The van der Waals surface area contributed by atoms with Gasteiger partial charge in [0.1, 0.15) is 0 Å². The molecule has 0 bridgehead atoms. The summed E-state index contributed by atoms with van der Waals surface area (Å²) in [5.74, 6) is 1.65. The van der Waals surface area contributed by atoms with E-state index in [0.717, 1.165) is 37.6 Å². The maximum Gasteiger partial charge on any atom is 0.227 e. The highest BCUT2D eigenvalue weighted by Crippen LogP contribution is 2.20. The van der Waals surface area contributed by atoms with Gasteiger partial charge in [0.25, 0.3) is 0 Å². The van der Waals surface area contributed by atoms with Crippen LogP contribution in [-0.4, -0.2) is 41.2 Å². The Kier molecular flexibility index (Phi) is 3.90. The summed E-state index contributed by atoms with van der Waals surface area (Å²) in [5.41, 5.74) is 0. The van der Waals surface area contributed by atoms with E-state index in [0.29, 0.717) is 6.04 Å². The summed E-state index contributed by atoms with van der Waals surface area (Å²) in [7, 11) is 0. The van der Waals surface area contributed by atoms with E-state index < -0.39 is 0 Å². The predicted molar refractivity (Wildman–Crippen MR) is 68.3 cm³/mol. The normalized spacial score (nSPS) is 25.7. The van der Waals surface area contributed by atoms with E-state index in [1.54, 1.807) is 0 Å². The van der Waals surface area contributed by atoms with E-state index in [9.17, 15) is 0 Å². The zero-order valence-corrected chi connectivity index (χ0v) is 10.9. The van der Waals surface area contributed by atoms with Crippen molar-refractivity contribution >= 4 is 0 Å². The molecule has 0 saturated carbocycles. The van der Waals surface area contributed by atoms with Crippen LogP contribution in [0.1, 0.15) is 49.9 Å². The van der Waals surface area contributed by atoms with E-state index in [1.165, 1.54) is 38.8 Å². The van der Waals surface area contributed by atoms with E-state index >= 15 is 0 Å². The molecule has 0 amide bonds. The summed E-state index contributed by atoms with van der Waals surface area (Å²) < 4.78 is 5.35. The van der Waals surface area contributed by atoms with Gasteiger partial charge in [-0.15, -0.1) is 0 Å². The molecule has 100 valence electrons. The molecule has 3 heterocycles. The highest BCUT2D eigenvalue weighted by molar-refractivity contribution is 4.96. The van der Waals surface area contributed by atoms with Crippen molar-refractivity contribution in [2.24, 2.45) is 0 Å². The molecule has 0 aromatic carbocycles. The fourth-order valence-electron chi connectivity index (χ4n) is 2.84. The Morgan fingerprint density at radius 2 is 2.11 bits per heavy atom. The lowest BCUT2D eigenvalue weighted by Crippen LogP contribution is -2.27. The third kappa shape index (κ3) is 2.90. The van der Waals surface area contributed by atoms with Crippen molar-refractivity contribution in [1.29, 1.82) is 0 Å². The lowest BCUT2D eigenvalue weighted by atomic mass is 10.0. The van der Waals surface area contributed by atoms with Crippen LogP contribution in [0.2, 0.25) is 0 Å². The molecule has 1 aromatic rings. The molecule has 18 heavy (non-hydrogen) atoms. The molecule has 0 spiro atoms. The number of rotatable bonds is 4. The lowest BCUT2D eigenvalue weighted by molar-refractivity contribution is 0.308. The summed E-state index contributed by atoms with van der Waals surface area (Å²) >= 11 is 0. The van der Waals surface area contributed by atoms with Crippen LogP contribution in [0.5, 0.6) is 0 Å². The van der Waals surface area contributed by atoms with Crippen LogP contribution < -0.4 is 5.32 Å². The average Bonchev–Trinajstić information content (AvgIpc) is 3.09. The van der Waals surface area contributed by atoms with Crippen molar-refractivity contribution in [2.75, 3.05) is 26.2 Å². The van der Waals surface area contributed by atoms with Crippen molar-refractivity contribution in [3.63, 3.8) is 0 Å². The molecule has 0 radical (unpaired) electrons. The molecule has 2 aliphatic heterocycles. The third-order valence-corrected chi connectivity index (χ3v) is 3.95. The zero-order valence-electron chi connectivity index (χ0n) is 10.9. The first kappa shape index (κ1) is 12.1. The van der Waals surface area contributed by atoms with Gasteiger partial charge in [-0.25, -0.2) is 0 Å². The van der Waals surface area contributed by atoms with Crippen LogP contribution in [0.4, 0.5) is 0 Å². The molecule has 0 aliphatic carbocycles. The largest absolute Gasteiger partial charge is 0.339 e. The van der Waals surface area contributed by atoms with Gasteiger partial charge in [0, 0.05) is 13.0 Å². The summed E-state index contributed by atoms with van der Waals surface area (Å²) in [6.45, 7) is 4.58. The van der Waals surface area contributed by atoms with Crippen LogP contribution in [0.25, 0.3) is 0 Å². The second-order valence-electron chi connectivity index (χ2n) is 5.35. The Hall–Kier alpha value is -0.940. The molecular weight excluding hydrogens is 228 g/mol. The molecule has 3 rings (SSSR count). The van der Waals surface area contributed by atoms with E-state index in [2.05, 4.69) is 20.4 Å². The maximum atomic E-state index is 5.35. The van der Waals surface area contributed by atoms with Crippen molar-refractivity contribution in [3.8, 4) is 0 Å². The molecule has 2 aliphatic rings. The van der Waals surface area contributed by atoms with Crippen molar-refractivity contribution in [3.05, 3.63) is 11.7 Å². The van der Waals surface area contributed by atoms with Gasteiger partial charge in [-0.1, -0.05) is 11.6 Å². The SMILES string of the molecule is C1CCC(c2noc(CCN3CCCC3)n2)NC1. The Morgan fingerprint density at radius 1 is 1.22 bits per heavy atom. The minimum atomic E-state index is 0.308. The van der Waals surface area contributed by atoms with E-state index in [-0.39, 0.29) is 0 Å². The van der Waals surface area contributed by atoms with Crippen LogP contribution >= 0.6 is 0 Å². The van der Waals surface area contributed by atoms with Gasteiger partial charge in [0.2, 0.25) is 5.89 Å². The minimum absolute atomic E-state index is 0.308. The first-order valence-corrected chi connectivity index (χ1v) is 7.20. The number of aromatic nitrogens is 2. The summed E-state index contributed by atoms with van der Waals surface area (Å²) in [6.07, 6.45) is 7.21. The number of nitrogens with zero attached hydrogens (tertiary/aromatic N) is 3. The Morgan fingerprint density at radius 3 is 2.89 bits per heavy atom. The summed E-state index contributed by atoms with van der Waals surface area (Å²) in [6, 6.07) is 0.308. The van der Waals surface area contributed by atoms with Crippen LogP contribution in [-0.2, 0) is 6.42 Å². The molecule has 1 unspecified atom stereocenters. The number of hydrogen-bond donors (Lipinski definition) is 1. The number of nitrogens with one attached hydrogen (secondary N) is 1. The van der Waals surface area contributed by atoms with Crippen LogP contribution in [0.15, 0.2) is 4.52 Å². The summed E-state index contributed by atoms with van der Waals surface area (Å²) in [5, 5.41) is 7.57. The Balaban J connectivity index is 1.52. The number of hydrogen-bond acceptors (Lipinski definition) is 5. The number of piperidine rings is 1. The van der Waals surface area contributed by atoms with E-state index in [1.807, 2.05) is 0 Å². The first-order chi connectivity index (χ1) is 8.92. The Bertz CT molecular complexity index is 367. The smallest absolute Gasteiger partial charge is 0.227 e. The van der Waals surface area contributed by atoms with Gasteiger partial charge in [0.05, 0.1) is 6.04 Å². The van der Waals surface area contributed by atoms with E-state index in [4.69, 9.17) is 4.52 Å². The van der Waals surface area contributed by atoms with Gasteiger partial charge in [-0.05, 0) is 45.3 Å². The van der Waals surface area contributed by atoms with Gasteiger partial charge < -0.3 is 14.7 Å². The van der Waals surface area contributed by atoms with Crippen LogP contribution in [0.3, 0.4) is 0 Å². The van der Waals surface area contributed by atoms with Gasteiger partial charge in [-0.3, -0.25) is 0 Å². The fraction of sp³-hybridized carbons (Fsp3) is 0.846. The molecule has 2 saturated heterocycles. The monoisotopic (exact) mass is 250 g/mol. The standard InChI is InChI=1S/C13H22N4O/c1-2-7-14-11(5-1)13-15-12(18-16-13)6-10-17-8-3-4-9-17/h11,14H,1-10H2. The molecule has 1 N–H and O–H groups in total.